The van der Waals surface area contributed by atoms with Gasteiger partial charge in [-0.25, -0.2) is 4.39 Å². The van der Waals surface area contributed by atoms with Crippen molar-refractivity contribution >= 4 is 21.6 Å². The van der Waals surface area contributed by atoms with Gasteiger partial charge in [-0.1, -0.05) is 13.8 Å². The Morgan fingerprint density at radius 3 is 2.42 bits per heavy atom. The van der Waals surface area contributed by atoms with Crippen molar-refractivity contribution in [3.8, 4) is 0 Å². The normalized spacial score (nSPS) is 10.8. The molecule has 1 aromatic rings. The maximum Gasteiger partial charge on any atom is 0.147 e. The summed E-state index contributed by atoms with van der Waals surface area (Å²) in [6.07, 6.45) is 0. The lowest BCUT2D eigenvalue weighted by Gasteiger charge is -2.08. The van der Waals surface area contributed by atoms with Crippen LogP contribution in [-0.4, -0.2) is 0 Å². The van der Waals surface area contributed by atoms with E-state index in [0.717, 1.165) is 5.56 Å². The van der Waals surface area contributed by atoms with E-state index in [1.807, 2.05) is 19.9 Å². The third-order valence-corrected chi connectivity index (χ3v) is 2.42. The van der Waals surface area contributed by atoms with Gasteiger partial charge < -0.3 is 5.73 Å². The molecule has 0 bridgehead atoms. The highest BCUT2D eigenvalue weighted by Crippen LogP contribution is 2.27. The van der Waals surface area contributed by atoms with Gasteiger partial charge in [0.25, 0.3) is 0 Å². The van der Waals surface area contributed by atoms with Gasteiger partial charge in [-0.15, -0.1) is 0 Å². The van der Waals surface area contributed by atoms with Crippen molar-refractivity contribution in [1.82, 2.24) is 0 Å². The molecule has 12 heavy (non-hydrogen) atoms. The van der Waals surface area contributed by atoms with Gasteiger partial charge >= 0.3 is 0 Å². The first-order valence-electron chi connectivity index (χ1n) is 3.76. The molecule has 2 N–H and O–H groups in total. The molecule has 0 atom stereocenters. The number of halogens is 2. The van der Waals surface area contributed by atoms with Crippen LogP contribution in [0.1, 0.15) is 25.3 Å². The summed E-state index contributed by atoms with van der Waals surface area (Å²) in [5, 5.41) is 0. The predicted molar refractivity (Wildman–Crippen MR) is 52.6 cm³/mol. The molecule has 0 radical (unpaired) electrons. The van der Waals surface area contributed by atoms with Gasteiger partial charge in [-0.2, -0.15) is 0 Å². The van der Waals surface area contributed by atoms with Crippen molar-refractivity contribution in [3.63, 3.8) is 0 Å². The zero-order chi connectivity index (χ0) is 9.30. The molecule has 0 fully saturated rings. The molecule has 0 amide bonds. The average molecular weight is 232 g/mol. The quantitative estimate of drug-likeness (QED) is 0.738. The van der Waals surface area contributed by atoms with Crippen LogP contribution in [-0.2, 0) is 0 Å². The molecular formula is C9H11BrFN. The fourth-order valence-corrected chi connectivity index (χ4v) is 1.39. The van der Waals surface area contributed by atoms with E-state index in [-0.39, 0.29) is 11.5 Å². The third kappa shape index (κ3) is 1.78. The zero-order valence-corrected chi connectivity index (χ0v) is 8.65. The highest BCUT2D eigenvalue weighted by atomic mass is 79.9. The molecule has 66 valence electrons. The van der Waals surface area contributed by atoms with Crippen molar-refractivity contribution < 1.29 is 4.39 Å². The summed E-state index contributed by atoms with van der Waals surface area (Å²) in [6, 6.07) is 3.33. The standard InChI is InChI=1S/C9H11BrFN/c1-5(2)6-3-7(10)9(12)8(11)4-6/h3-5H,12H2,1-2H3. The number of nitrogen functional groups attached to an aromatic ring is 1. The first-order valence-corrected chi connectivity index (χ1v) is 4.56. The molecule has 0 aliphatic rings. The molecule has 3 heteroatoms. The molecule has 0 spiro atoms. The van der Waals surface area contributed by atoms with Crippen LogP contribution < -0.4 is 5.73 Å². The molecule has 0 unspecified atom stereocenters. The van der Waals surface area contributed by atoms with Gasteiger partial charge in [0.15, 0.2) is 0 Å². The number of nitrogens with two attached hydrogens (primary N) is 1. The van der Waals surface area contributed by atoms with E-state index < -0.39 is 0 Å². The minimum absolute atomic E-state index is 0.180. The summed E-state index contributed by atoms with van der Waals surface area (Å²) in [7, 11) is 0. The molecule has 1 rings (SSSR count). The molecule has 1 nitrogen and oxygen atoms in total. The smallest absolute Gasteiger partial charge is 0.147 e. The Morgan fingerprint density at radius 1 is 1.42 bits per heavy atom. The lowest BCUT2D eigenvalue weighted by Crippen LogP contribution is -1.96. The van der Waals surface area contributed by atoms with E-state index in [0.29, 0.717) is 10.4 Å². The number of hydrogen-bond donors (Lipinski definition) is 1. The SMILES string of the molecule is CC(C)c1cc(F)c(N)c(Br)c1. The fourth-order valence-electron chi connectivity index (χ4n) is 0.937. The summed E-state index contributed by atoms with van der Waals surface area (Å²) in [4.78, 5) is 0. The summed E-state index contributed by atoms with van der Waals surface area (Å²) in [5.74, 6) is -0.0375. The first kappa shape index (κ1) is 9.52. The van der Waals surface area contributed by atoms with Crippen LogP contribution in [0.15, 0.2) is 16.6 Å². The van der Waals surface area contributed by atoms with Crippen LogP contribution >= 0.6 is 15.9 Å². The topological polar surface area (TPSA) is 26.0 Å². The summed E-state index contributed by atoms with van der Waals surface area (Å²) in [6.45, 7) is 4.02. The van der Waals surface area contributed by atoms with E-state index in [9.17, 15) is 4.39 Å². The Hall–Kier alpha value is -0.570. The van der Waals surface area contributed by atoms with Crippen LogP contribution in [0, 0.1) is 5.82 Å². The second-order valence-electron chi connectivity index (χ2n) is 3.05. The second-order valence-corrected chi connectivity index (χ2v) is 3.91. The maximum atomic E-state index is 13.0. The minimum atomic E-state index is -0.354. The van der Waals surface area contributed by atoms with E-state index in [2.05, 4.69) is 15.9 Å². The van der Waals surface area contributed by atoms with Crippen molar-refractivity contribution in [2.45, 2.75) is 19.8 Å². The number of rotatable bonds is 1. The minimum Gasteiger partial charge on any atom is -0.395 e. The third-order valence-electron chi connectivity index (χ3n) is 1.77. The number of benzene rings is 1. The van der Waals surface area contributed by atoms with Crippen molar-refractivity contribution in [1.29, 1.82) is 0 Å². The molecule has 0 saturated carbocycles. The van der Waals surface area contributed by atoms with Gasteiger partial charge in [-0.05, 0) is 39.5 Å². The Labute approximate surface area is 79.9 Å². The zero-order valence-electron chi connectivity index (χ0n) is 7.07. The Kier molecular flexibility index (Phi) is 2.73. The second kappa shape index (κ2) is 3.44. The molecule has 1 aromatic carbocycles. The molecule has 0 aliphatic carbocycles. The van der Waals surface area contributed by atoms with Crippen molar-refractivity contribution in [2.24, 2.45) is 0 Å². The molecule has 0 aromatic heterocycles. The summed E-state index contributed by atoms with van der Waals surface area (Å²) >= 11 is 3.20. The lowest BCUT2D eigenvalue weighted by molar-refractivity contribution is 0.627. The average Bonchev–Trinajstić information content (AvgIpc) is 1.99. The summed E-state index contributed by atoms with van der Waals surface area (Å²) in [5.41, 5.74) is 6.56. The maximum absolute atomic E-state index is 13.0. The monoisotopic (exact) mass is 231 g/mol. The van der Waals surface area contributed by atoms with Crippen molar-refractivity contribution in [2.75, 3.05) is 5.73 Å². The van der Waals surface area contributed by atoms with Gasteiger partial charge in [0.2, 0.25) is 0 Å². The molecule has 0 aliphatic heterocycles. The van der Waals surface area contributed by atoms with Gasteiger partial charge in [0.05, 0.1) is 5.69 Å². The Morgan fingerprint density at radius 2 is 2.00 bits per heavy atom. The van der Waals surface area contributed by atoms with Crippen LogP contribution in [0.3, 0.4) is 0 Å². The van der Waals surface area contributed by atoms with E-state index in [1.165, 1.54) is 6.07 Å². The number of anilines is 1. The predicted octanol–water partition coefficient (Wildman–Crippen LogP) is 3.29. The van der Waals surface area contributed by atoms with Crippen LogP contribution in [0.5, 0.6) is 0 Å². The highest BCUT2D eigenvalue weighted by molar-refractivity contribution is 9.10. The fraction of sp³-hybridized carbons (Fsp3) is 0.333. The Balaban J connectivity index is 3.21. The van der Waals surface area contributed by atoms with Gasteiger partial charge in [-0.3, -0.25) is 0 Å². The number of hydrogen-bond acceptors (Lipinski definition) is 1. The van der Waals surface area contributed by atoms with E-state index in [1.54, 1.807) is 0 Å². The van der Waals surface area contributed by atoms with E-state index >= 15 is 0 Å². The van der Waals surface area contributed by atoms with Crippen LogP contribution in [0.2, 0.25) is 0 Å². The molecule has 0 saturated heterocycles. The van der Waals surface area contributed by atoms with Gasteiger partial charge in [0, 0.05) is 4.47 Å². The Bertz CT molecular complexity index is 274. The van der Waals surface area contributed by atoms with Gasteiger partial charge in [0.1, 0.15) is 5.82 Å². The van der Waals surface area contributed by atoms with Crippen molar-refractivity contribution in [3.05, 3.63) is 28.0 Å². The summed E-state index contributed by atoms with van der Waals surface area (Å²) < 4.78 is 13.7. The van der Waals surface area contributed by atoms with Crippen LogP contribution in [0.25, 0.3) is 0 Å². The van der Waals surface area contributed by atoms with Crippen LogP contribution in [0.4, 0.5) is 10.1 Å². The largest absolute Gasteiger partial charge is 0.395 e. The molecular weight excluding hydrogens is 221 g/mol. The first-order chi connectivity index (χ1) is 5.52. The lowest BCUT2D eigenvalue weighted by atomic mass is 10.0. The molecule has 0 heterocycles. The highest BCUT2D eigenvalue weighted by Gasteiger charge is 2.07. The van der Waals surface area contributed by atoms with E-state index in [4.69, 9.17) is 5.73 Å².